The van der Waals surface area contributed by atoms with Crippen LogP contribution in [0.2, 0.25) is 0 Å². The molecule has 0 bridgehead atoms. The van der Waals surface area contributed by atoms with E-state index in [1.54, 1.807) is 6.20 Å². The molecule has 2 aromatic carbocycles. The van der Waals surface area contributed by atoms with Crippen LogP contribution in [0.1, 0.15) is 0 Å². The third-order valence-corrected chi connectivity index (χ3v) is 3.89. The average Bonchev–Trinajstić information content (AvgIpc) is 2.56. The predicted octanol–water partition coefficient (Wildman–Crippen LogP) is 4.79. The monoisotopic (exact) mass is 383 g/mol. The van der Waals surface area contributed by atoms with Crippen molar-refractivity contribution in [1.29, 1.82) is 0 Å². The lowest BCUT2D eigenvalue weighted by Gasteiger charge is -2.13. The van der Waals surface area contributed by atoms with Crippen molar-refractivity contribution >= 4 is 44.8 Å². The van der Waals surface area contributed by atoms with Crippen molar-refractivity contribution in [3.8, 4) is 0 Å². The Labute approximate surface area is 149 Å². The van der Waals surface area contributed by atoms with E-state index in [1.807, 2.05) is 68.7 Å². The van der Waals surface area contributed by atoms with Crippen LogP contribution in [0.5, 0.6) is 0 Å². The molecule has 0 radical (unpaired) electrons. The normalized spacial score (nSPS) is 10.3. The van der Waals surface area contributed by atoms with Crippen LogP contribution in [-0.4, -0.2) is 24.1 Å². The molecule has 1 heterocycles. The van der Waals surface area contributed by atoms with Gasteiger partial charge >= 0.3 is 0 Å². The summed E-state index contributed by atoms with van der Waals surface area (Å²) >= 11 is 3.46. The molecule has 5 nitrogen and oxygen atoms in total. The van der Waals surface area contributed by atoms with Crippen molar-refractivity contribution < 1.29 is 0 Å². The quantitative estimate of drug-likeness (QED) is 0.662. The summed E-state index contributed by atoms with van der Waals surface area (Å²) in [6, 6.07) is 17.9. The van der Waals surface area contributed by atoms with Gasteiger partial charge in [-0.2, -0.15) is 4.98 Å². The topological polar surface area (TPSA) is 53.1 Å². The van der Waals surface area contributed by atoms with E-state index in [1.165, 1.54) is 0 Å². The Morgan fingerprint density at radius 3 is 2.42 bits per heavy atom. The zero-order valence-corrected chi connectivity index (χ0v) is 15.1. The molecule has 0 saturated heterocycles. The number of anilines is 5. The fraction of sp³-hybridized carbons (Fsp3) is 0.111. The van der Waals surface area contributed by atoms with Gasteiger partial charge in [0.15, 0.2) is 0 Å². The van der Waals surface area contributed by atoms with E-state index in [4.69, 9.17) is 0 Å². The number of nitrogens with zero attached hydrogens (tertiary/aromatic N) is 3. The van der Waals surface area contributed by atoms with Crippen LogP contribution in [0.4, 0.5) is 28.8 Å². The molecule has 3 rings (SSSR count). The summed E-state index contributed by atoms with van der Waals surface area (Å²) in [5, 5.41) is 6.48. The Kier molecular flexibility index (Phi) is 4.96. The highest BCUT2D eigenvalue weighted by atomic mass is 79.9. The number of halogens is 1. The first kappa shape index (κ1) is 16.3. The van der Waals surface area contributed by atoms with Crippen molar-refractivity contribution in [2.75, 3.05) is 29.6 Å². The van der Waals surface area contributed by atoms with E-state index >= 15 is 0 Å². The van der Waals surface area contributed by atoms with E-state index in [0.717, 1.165) is 27.4 Å². The minimum Gasteiger partial charge on any atom is -0.378 e. The number of nitrogens with one attached hydrogen (secondary N) is 2. The summed E-state index contributed by atoms with van der Waals surface area (Å²) in [5.74, 6) is 1.28. The lowest BCUT2D eigenvalue weighted by Crippen LogP contribution is -2.08. The molecular weight excluding hydrogens is 366 g/mol. The molecule has 0 atom stereocenters. The molecule has 3 aromatic rings. The van der Waals surface area contributed by atoms with Crippen LogP contribution in [0.15, 0.2) is 65.3 Å². The second-order valence-electron chi connectivity index (χ2n) is 5.47. The molecule has 1 aromatic heterocycles. The van der Waals surface area contributed by atoms with Crippen LogP contribution in [-0.2, 0) is 0 Å². The molecule has 0 spiro atoms. The van der Waals surface area contributed by atoms with Gasteiger partial charge in [-0.25, -0.2) is 4.98 Å². The Morgan fingerprint density at radius 1 is 0.917 bits per heavy atom. The number of hydrogen-bond acceptors (Lipinski definition) is 5. The van der Waals surface area contributed by atoms with Crippen molar-refractivity contribution in [1.82, 2.24) is 9.97 Å². The molecule has 0 unspecified atom stereocenters. The van der Waals surface area contributed by atoms with Crippen LogP contribution in [0.25, 0.3) is 0 Å². The highest BCUT2D eigenvalue weighted by molar-refractivity contribution is 9.10. The van der Waals surface area contributed by atoms with Gasteiger partial charge in [-0.3, -0.25) is 0 Å². The zero-order valence-electron chi connectivity index (χ0n) is 13.5. The molecule has 0 amide bonds. The first-order chi connectivity index (χ1) is 11.6. The minimum atomic E-state index is 0.549. The first-order valence-corrected chi connectivity index (χ1v) is 8.29. The summed E-state index contributed by atoms with van der Waals surface area (Å²) in [4.78, 5) is 10.8. The van der Waals surface area contributed by atoms with Gasteiger partial charge in [0.1, 0.15) is 5.82 Å². The van der Waals surface area contributed by atoms with Gasteiger partial charge in [-0.05, 0) is 48.5 Å². The zero-order chi connectivity index (χ0) is 16.9. The molecular formula is C18H18BrN5. The first-order valence-electron chi connectivity index (χ1n) is 7.50. The third kappa shape index (κ3) is 4.23. The lowest BCUT2D eigenvalue weighted by atomic mass is 10.2. The van der Waals surface area contributed by atoms with E-state index in [2.05, 4.69) is 41.4 Å². The second kappa shape index (κ2) is 7.31. The van der Waals surface area contributed by atoms with Crippen molar-refractivity contribution in [3.05, 3.63) is 65.3 Å². The summed E-state index contributed by atoms with van der Waals surface area (Å²) in [6.45, 7) is 0. The van der Waals surface area contributed by atoms with Crippen LogP contribution in [0, 0.1) is 0 Å². The smallest absolute Gasteiger partial charge is 0.229 e. The number of benzene rings is 2. The molecule has 2 N–H and O–H groups in total. The maximum atomic E-state index is 4.49. The van der Waals surface area contributed by atoms with E-state index in [0.29, 0.717) is 5.95 Å². The molecule has 24 heavy (non-hydrogen) atoms. The van der Waals surface area contributed by atoms with Gasteiger partial charge in [0.05, 0.1) is 0 Å². The molecule has 0 aliphatic rings. The molecule has 0 aliphatic carbocycles. The fourth-order valence-electron chi connectivity index (χ4n) is 2.17. The third-order valence-electron chi connectivity index (χ3n) is 3.39. The van der Waals surface area contributed by atoms with Gasteiger partial charge in [0, 0.05) is 41.8 Å². The SMILES string of the molecule is CN(C)c1ccc(Nc2nccc(Nc3cccc(Br)c3)n2)cc1. The van der Waals surface area contributed by atoms with Crippen molar-refractivity contribution in [2.45, 2.75) is 0 Å². The van der Waals surface area contributed by atoms with Gasteiger partial charge in [0.2, 0.25) is 5.95 Å². The standard InChI is InChI=1S/C18H18BrN5/c1-24(2)16-8-6-14(7-9-16)22-18-20-11-10-17(23-18)21-15-5-3-4-13(19)12-15/h3-12H,1-2H3,(H2,20,21,22,23). The maximum absolute atomic E-state index is 4.49. The second-order valence-corrected chi connectivity index (χ2v) is 6.38. The molecule has 0 fully saturated rings. The molecule has 0 aliphatic heterocycles. The Bertz CT molecular complexity index is 818. The Balaban J connectivity index is 1.73. The number of rotatable bonds is 5. The molecule has 6 heteroatoms. The minimum absolute atomic E-state index is 0.549. The number of aromatic nitrogens is 2. The Morgan fingerprint density at radius 2 is 1.71 bits per heavy atom. The largest absolute Gasteiger partial charge is 0.378 e. The maximum Gasteiger partial charge on any atom is 0.229 e. The molecule has 122 valence electrons. The van der Waals surface area contributed by atoms with E-state index < -0.39 is 0 Å². The summed E-state index contributed by atoms with van der Waals surface area (Å²) < 4.78 is 1.01. The van der Waals surface area contributed by atoms with Crippen LogP contribution < -0.4 is 15.5 Å². The van der Waals surface area contributed by atoms with Gasteiger partial charge in [0.25, 0.3) is 0 Å². The van der Waals surface area contributed by atoms with Gasteiger partial charge in [-0.1, -0.05) is 22.0 Å². The number of hydrogen-bond donors (Lipinski definition) is 2. The predicted molar refractivity (Wildman–Crippen MR) is 104 cm³/mol. The average molecular weight is 384 g/mol. The van der Waals surface area contributed by atoms with Crippen molar-refractivity contribution in [2.24, 2.45) is 0 Å². The van der Waals surface area contributed by atoms with Crippen molar-refractivity contribution in [3.63, 3.8) is 0 Å². The summed E-state index contributed by atoms with van der Waals surface area (Å²) in [7, 11) is 4.03. The lowest BCUT2D eigenvalue weighted by molar-refractivity contribution is 1.13. The van der Waals surface area contributed by atoms with Crippen LogP contribution >= 0.6 is 15.9 Å². The highest BCUT2D eigenvalue weighted by Crippen LogP contribution is 2.21. The van der Waals surface area contributed by atoms with Gasteiger partial charge in [-0.15, -0.1) is 0 Å². The molecule has 0 saturated carbocycles. The van der Waals surface area contributed by atoms with E-state index in [-0.39, 0.29) is 0 Å². The Hall–Kier alpha value is -2.60. The summed E-state index contributed by atoms with van der Waals surface area (Å²) in [6.07, 6.45) is 1.73. The fourth-order valence-corrected chi connectivity index (χ4v) is 2.57. The highest BCUT2D eigenvalue weighted by Gasteiger charge is 2.02. The van der Waals surface area contributed by atoms with E-state index in [9.17, 15) is 0 Å². The van der Waals surface area contributed by atoms with Crippen LogP contribution in [0.3, 0.4) is 0 Å². The van der Waals surface area contributed by atoms with Gasteiger partial charge < -0.3 is 15.5 Å². The summed E-state index contributed by atoms with van der Waals surface area (Å²) in [5.41, 5.74) is 3.05.